The van der Waals surface area contributed by atoms with Crippen LogP contribution in [-0.4, -0.2) is 10.5 Å². The Kier molecular flexibility index (Phi) is 2.97. The molecule has 2 rings (SSSR count). The van der Waals surface area contributed by atoms with Gasteiger partial charge < -0.3 is 0 Å². The molecule has 1 fully saturated rings. The highest BCUT2D eigenvalue weighted by atomic mass is 32.2. The lowest BCUT2D eigenvalue weighted by Crippen LogP contribution is -2.21. The minimum Gasteiger partial charge on any atom is -0.207 e. The van der Waals surface area contributed by atoms with Crippen molar-refractivity contribution in [1.82, 2.24) is 0 Å². The van der Waals surface area contributed by atoms with Crippen LogP contribution in [0.1, 0.15) is 18.4 Å². The summed E-state index contributed by atoms with van der Waals surface area (Å²) in [6.45, 7) is 0. The lowest BCUT2D eigenvalue weighted by molar-refractivity contribution is 0.624. The molecule has 0 bridgehead atoms. The first-order valence-electron chi connectivity index (χ1n) is 5.04. The summed E-state index contributed by atoms with van der Waals surface area (Å²) in [6, 6.07) is 8.87. The highest BCUT2D eigenvalue weighted by Crippen LogP contribution is 2.40. The highest BCUT2D eigenvalue weighted by molar-refractivity contribution is 8.01. The Morgan fingerprint density at radius 1 is 1.40 bits per heavy atom. The van der Waals surface area contributed by atoms with E-state index in [4.69, 9.17) is 0 Å². The summed E-state index contributed by atoms with van der Waals surface area (Å²) in [5.74, 6) is 0.846. The summed E-state index contributed by atoms with van der Waals surface area (Å²) < 4.78 is 12.4. The summed E-state index contributed by atoms with van der Waals surface area (Å²) in [6.07, 6.45) is 2.79. The number of hydrogen-bond acceptors (Lipinski definition) is 2. The summed E-state index contributed by atoms with van der Waals surface area (Å²) >= 11 is 1.73. The van der Waals surface area contributed by atoms with Crippen molar-refractivity contribution in [3.63, 3.8) is 0 Å². The molecule has 0 radical (unpaired) electrons. The van der Waals surface area contributed by atoms with Crippen LogP contribution in [0.25, 0.3) is 0 Å². The summed E-state index contributed by atoms with van der Waals surface area (Å²) in [7, 11) is 0. The van der Waals surface area contributed by atoms with Crippen LogP contribution in [0.15, 0.2) is 24.3 Å². The molecule has 1 aliphatic heterocycles. The number of benzene rings is 1. The third-order valence-electron chi connectivity index (χ3n) is 2.71. The lowest BCUT2D eigenvalue weighted by Gasteiger charge is -2.18. The Morgan fingerprint density at radius 3 is 2.67 bits per heavy atom. The van der Waals surface area contributed by atoms with Gasteiger partial charge in [-0.25, -0.2) is 4.39 Å². The molecule has 1 saturated heterocycles. The van der Waals surface area contributed by atoms with Gasteiger partial charge >= 0.3 is 0 Å². The molecule has 1 heterocycles. The molecular weight excluding hydrogens is 209 g/mol. The summed E-state index contributed by atoms with van der Waals surface area (Å²) in [4.78, 5) is 0. The molecule has 78 valence electrons. The molecule has 0 spiro atoms. The van der Waals surface area contributed by atoms with Crippen LogP contribution >= 0.6 is 11.8 Å². The van der Waals surface area contributed by atoms with Crippen LogP contribution in [0, 0.1) is 17.1 Å². The average Bonchev–Trinajstić information content (AvgIpc) is 2.71. The average molecular weight is 221 g/mol. The second-order valence-corrected chi connectivity index (χ2v) is 5.34. The number of thioether (sulfide) groups is 1. The van der Waals surface area contributed by atoms with Gasteiger partial charge in [-0.2, -0.15) is 5.26 Å². The third-order valence-corrected chi connectivity index (χ3v) is 4.20. The lowest BCUT2D eigenvalue weighted by atomic mass is 9.96. The maximum absolute atomic E-state index is 12.7. The Hall–Kier alpha value is -1.01. The zero-order valence-corrected chi connectivity index (χ0v) is 9.19. The molecule has 0 amide bonds. The zero-order chi connectivity index (χ0) is 10.7. The number of nitriles is 1. The molecule has 1 unspecified atom stereocenters. The minimum absolute atomic E-state index is 0.219. The fraction of sp³-hybridized carbons (Fsp3) is 0.417. The van der Waals surface area contributed by atoms with E-state index < -0.39 is 0 Å². The van der Waals surface area contributed by atoms with E-state index in [1.165, 1.54) is 12.1 Å². The smallest absolute Gasteiger partial charge is 0.123 e. The van der Waals surface area contributed by atoms with Gasteiger partial charge in [0, 0.05) is 6.42 Å². The maximum atomic E-state index is 12.7. The predicted octanol–water partition coefficient (Wildman–Crippen LogP) is 3.16. The molecule has 1 aliphatic rings. The van der Waals surface area contributed by atoms with E-state index in [1.54, 1.807) is 23.9 Å². The molecule has 1 atom stereocenters. The molecule has 3 heteroatoms. The molecule has 1 nitrogen and oxygen atoms in total. The van der Waals surface area contributed by atoms with E-state index in [0.717, 1.165) is 30.6 Å². The first-order valence-corrected chi connectivity index (χ1v) is 6.02. The van der Waals surface area contributed by atoms with Crippen molar-refractivity contribution in [1.29, 1.82) is 5.26 Å². The van der Waals surface area contributed by atoms with Crippen LogP contribution in [0.5, 0.6) is 0 Å². The van der Waals surface area contributed by atoms with Gasteiger partial charge in [0.1, 0.15) is 10.6 Å². The Bertz CT molecular complexity index is 374. The van der Waals surface area contributed by atoms with Gasteiger partial charge in [-0.05, 0) is 36.3 Å². The Balaban J connectivity index is 2.14. The molecule has 0 aromatic heterocycles. The summed E-state index contributed by atoms with van der Waals surface area (Å²) in [5.41, 5.74) is 1.05. The largest absolute Gasteiger partial charge is 0.207 e. The van der Waals surface area contributed by atoms with Gasteiger partial charge in [0.05, 0.1) is 6.07 Å². The quantitative estimate of drug-likeness (QED) is 0.766. The van der Waals surface area contributed by atoms with Crippen LogP contribution in [0.3, 0.4) is 0 Å². The molecule has 0 N–H and O–H groups in total. The third kappa shape index (κ3) is 2.32. The first kappa shape index (κ1) is 10.5. The zero-order valence-electron chi connectivity index (χ0n) is 8.37. The normalized spacial score (nSPS) is 25.1. The van der Waals surface area contributed by atoms with Gasteiger partial charge in [-0.1, -0.05) is 12.1 Å². The van der Waals surface area contributed by atoms with Crippen molar-refractivity contribution in [2.24, 2.45) is 0 Å². The Morgan fingerprint density at radius 2 is 2.13 bits per heavy atom. The van der Waals surface area contributed by atoms with Gasteiger partial charge in [0.15, 0.2) is 0 Å². The fourth-order valence-corrected chi connectivity index (χ4v) is 3.20. The minimum atomic E-state index is -0.266. The first-order chi connectivity index (χ1) is 7.24. The molecule has 1 aromatic carbocycles. The van der Waals surface area contributed by atoms with E-state index in [2.05, 4.69) is 6.07 Å². The van der Waals surface area contributed by atoms with E-state index in [9.17, 15) is 9.65 Å². The van der Waals surface area contributed by atoms with Crippen molar-refractivity contribution in [3.05, 3.63) is 35.6 Å². The number of nitrogens with zero attached hydrogens (tertiary/aromatic N) is 1. The van der Waals surface area contributed by atoms with Crippen molar-refractivity contribution < 1.29 is 4.39 Å². The predicted molar refractivity (Wildman–Crippen MR) is 60.1 cm³/mol. The van der Waals surface area contributed by atoms with Crippen LogP contribution in [0.2, 0.25) is 0 Å². The van der Waals surface area contributed by atoms with Crippen LogP contribution in [-0.2, 0) is 6.42 Å². The molecule has 1 aromatic rings. The van der Waals surface area contributed by atoms with Crippen LogP contribution in [0.4, 0.5) is 4.39 Å². The van der Waals surface area contributed by atoms with Gasteiger partial charge in [-0.3, -0.25) is 0 Å². The van der Waals surface area contributed by atoms with Crippen molar-refractivity contribution in [2.75, 3.05) is 5.75 Å². The van der Waals surface area contributed by atoms with E-state index in [0.29, 0.717) is 0 Å². The highest BCUT2D eigenvalue weighted by Gasteiger charge is 2.34. The van der Waals surface area contributed by atoms with Crippen molar-refractivity contribution >= 4 is 11.8 Å². The molecule has 0 aliphatic carbocycles. The molecular formula is C12H12FNS. The summed E-state index contributed by atoms with van der Waals surface area (Å²) in [5, 5.41) is 9.19. The SMILES string of the molecule is N#CC1(Cc2ccc(F)cc2)CCCS1. The van der Waals surface area contributed by atoms with E-state index in [-0.39, 0.29) is 10.6 Å². The maximum Gasteiger partial charge on any atom is 0.123 e. The standard InChI is InChI=1S/C12H12FNS/c13-11-4-2-10(3-5-11)8-12(9-14)6-1-7-15-12/h2-5H,1,6-8H2. The second-order valence-electron chi connectivity index (χ2n) is 3.86. The molecule has 0 saturated carbocycles. The van der Waals surface area contributed by atoms with Gasteiger partial charge in [-0.15, -0.1) is 11.8 Å². The fourth-order valence-electron chi connectivity index (χ4n) is 1.90. The van der Waals surface area contributed by atoms with Crippen molar-refractivity contribution in [2.45, 2.75) is 24.0 Å². The Labute approximate surface area is 93.3 Å². The van der Waals surface area contributed by atoms with Crippen LogP contribution < -0.4 is 0 Å². The topological polar surface area (TPSA) is 23.8 Å². The number of rotatable bonds is 2. The van der Waals surface area contributed by atoms with E-state index >= 15 is 0 Å². The monoisotopic (exact) mass is 221 g/mol. The van der Waals surface area contributed by atoms with Gasteiger partial charge in [0.2, 0.25) is 0 Å². The molecule has 15 heavy (non-hydrogen) atoms. The van der Waals surface area contributed by atoms with Crippen molar-refractivity contribution in [3.8, 4) is 6.07 Å². The number of hydrogen-bond donors (Lipinski definition) is 0. The second kappa shape index (κ2) is 4.24. The number of halogens is 1. The van der Waals surface area contributed by atoms with Gasteiger partial charge in [0.25, 0.3) is 0 Å². The van der Waals surface area contributed by atoms with E-state index in [1.807, 2.05) is 0 Å².